The van der Waals surface area contributed by atoms with Gasteiger partial charge in [0.05, 0.1) is 6.61 Å². The van der Waals surface area contributed by atoms with Gasteiger partial charge in [-0.05, 0) is 50.5 Å². The van der Waals surface area contributed by atoms with E-state index in [9.17, 15) is 9.59 Å². The molecule has 3 aliphatic rings. The second kappa shape index (κ2) is 8.61. The highest BCUT2D eigenvalue weighted by atomic mass is 16.3. The first-order chi connectivity index (χ1) is 13.6. The third kappa shape index (κ3) is 4.91. The number of aromatic amines is 1. The molecule has 0 bridgehead atoms. The van der Waals surface area contributed by atoms with Crippen molar-refractivity contribution in [3.63, 3.8) is 0 Å². The number of aromatic nitrogens is 2. The minimum atomic E-state index is -0.126. The molecule has 8 nitrogen and oxygen atoms in total. The van der Waals surface area contributed by atoms with Crippen molar-refractivity contribution in [1.82, 2.24) is 25.7 Å². The molecule has 0 radical (unpaired) electrons. The minimum Gasteiger partial charge on any atom is -0.395 e. The van der Waals surface area contributed by atoms with Crippen molar-refractivity contribution in [1.29, 1.82) is 0 Å². The van der Waals surface area contributed by atoms with Crippen LogP contribution >= 0.6 is 0 Å². The van der Waals surface area contributed by atoms with E-state index in [1.54, 1.807) is 0 Å². The van der Waals surface area contributed by atoms with E-state index in [1.165, 1.54) is 25.7 Å². The average Bonchev–Trinajstić information content (AvgIpc) is 3.62. The maximum Gasteiger partial charge on any atom is 0.271 e. The number of carbonyl (C=O) groups excluding carboxylic acids is 2. The second-order valence-electron chi connectivity index (χ2n) is 8.50. The smallest absolute Gasteiger partial charge is 0.271 e. The van der Waals surface area contributed by atoms with Crippen LogP contribution in [-0.4, -0.2) is 70.3 Å². The van der Waals surface area contributed by atoms with E-state index in [4.69, 9.17) is 5.11 Å². The summed E-state index contributed by atoms with van der Waals surface area (Å²) in [4.78, 5) is 27.0. The molecule has 3 fully saturated rings. The van der Waals surface area contributed by atoms with Crippen molar-refractivity contribution in [2.45, 2.75) is 62.9 Å². The molecule has 2 amide bonds. The molecule has 1 saturated heterocycles. The first kappa shape index (κ1) is 19.4. The van der Waals surface area contributed by atoms with Crippen molar-refractivity contribution >= 4 is 11.8 Å². The molecule has 0 aromatic carbocycles. The molecule has 4 N–H and O–H groups in total. The lowest BCUT2D eigenvalue weighted by Gasteiger charge is -2.30. The number of amides is 2. The van der Waals surface area contributed by atoms with Crippen LogP contribution in [0.5, 0.6) is 0 Å². The van der Waals surface area contributed by atoms with Crippen LogP contribution in [0.3, 0.4) is 0 Å². The summed E-state index contributed by atoms with van der Waals surface area (Å²) in [5.41, 5.74) is 1.53. The van der Waals surface area contributed by atoms with Gasteiger partial charge in [0.15, 0.2) is 0 Å². The number of nitrogens with one attached hydrogen (secondary N) is 3. The summed E-state index contributed by atoms with van der Waals surface area (Å²) in [6.07, 6.45) is 7.28. The summed E-state index contributed by atoms with van der Waals surface area (Å²) in [7, 11) is 0. The van der Waals surface area contributed by atoms with E-state index in [2.05, 4.69) is 25.7 Å². The first-order valence-electron chi connectivity index (χ1n) is 10.6. The normalized spacial score (nSPS) is 25.0. The third-order valence-corrected chi connectivity index (χ3v) is 6.14. The van der Waals surface area contributed by atoms with E-state index in [0.29, 0.717) is 31.1 Å². The number of hydrogen-bond acceptors (Lipinski definition) is 5. The van der Waals surface area contributed by atoms with E-state index in [0.717, 1.165) is 31.0 Å². The molecular formula is C20H31N5O3. The summed E-state index contributed by atoms with van der Waals surface area (Å²) in [5.74, 6) is 1.15. The van der Waals surface area contributed by atoms with Gasteiger partial charge in [0.2, 0.25) is 5.91 Å². The molecule has 0 unspecified atom stereocenters. The van der Waals surface area contributed by atoms with Gasteiger partial charge in [-0.2, -0.15) is 5.10 Å². The number of H-pyrrole nitrogens is 1. The number of likely N-dealkylation sites (tertiary alicyclic amines) is 1. The minimum absolute atomic E-state index is 0.00587. The van der Waals surface area contributed by atoms with E-state index in [1.807, 2.05) is 6.07 Å². The zero-order valence-corrected chi connectivity index (χ0v) is 16.3. The van der Waals surface area contributed by atoms with Crippen LogP contribution in [0.2, 0.25) is 0 Å². The molecule has 1 aromatic rings. The van der Waals surface area contributed by atoms with Crippen molar-refractivity contribution in [2.75, 3.05) is 26.2 Å². The van der Waals surface area contributed by atoms with Gasteiger partial charge in [-0.25, -0.2) is 0 Å². The van der Waals surface area contributed by atoms with Gasteiger partial charge in [0.25, 0.3) is 5.91 Å². The maximum absolute atomic E-state index is 12.5. The Labute approximate surface area is 165 Å². The molecule has 0 spiro atoms. The highest BCUT2D eigenvalue weighted by molar-refractivity contribution is 5.92. The predicted octanol–water partition coefficient (Wildman–Crippen LogP) is 0.759. The standard InChI is InChI=1S/C20H31N5O3/c26-8-7-21-19(27)9-15-5-6-16(25(15)12-13-1-2-13)11-22-20(28)18-10-17(23-24-18)14-3-4-14/h10,13-16,26H,1-9,11-12H2,(H,21,27)(H,22,28)(H,23,24)/t15-,16+/m1/s1. The number of aliphatic hydroxyl groups is 1. The van der Waals surface area contributed by atoms with Crippen LogP contribution in [0.1, 0.15) is 67.0 Å². The third-order valence-electron chi connectivity index (χ3n) is 6.14. The molecule has 1 aliphatic heterocycles. The molecule has 2 heterocycles. The molecule has 2 atom stereocenters. The molecule has 2 saturated carbocycles. The molecule has 28 heavy (non-hydrogen) atoms. The van der Waals surface area contributed by atoms with E-state index in [-0.39, 0.29) is 30.5 Å². The Bertz CT molecular complexity index is 698. The summed E-state index contributed by atoms with van der Waals surface area (Å²) in [5, 5.41) is 21.8. The summed E-state index contributed by atoms with van der Waals surface area (Å²) in [6, 6.07) is 2.35. The Balaban J connectivity index is 1.30. The number of nitrogens with zero attached hydrogens (tertiary/aromatic N) is 2. The quantitative estimate of drug-likeness (QED) is 0.472. The van der Waals surface area contributed by atoms with Gasteiger partial charge in [0.1, 0.15) is 5.69 Å². The van der Waals surface area contributed by atoms with Gasteiger partial charge in [0, 0.05) is 49.8 Å². The van der Waals surface area contributed by atoms with Gasteiger partial charge in [-0.1, -0.05) is 0 Å². The van der Waals surface area contributed by atoms with Crippen molar-refractivity contribution < 1.29 is 14.7 Å². The second-order valence-corrected chi connectivity index (χ2v) is 8.50. The van der Waals surface area contributed by atoms with Crippen LogP contribution in [0, 0.1) is 5.92 Å². The first-order valence-corrected chi connectivity index (χ1v) is 10.6. The Hall–Kier alpha value is -1.93. The van der Waals surface area contributed by atoms with Gasteiger partial charge in [-0.3, -0.25) is 19.6 Å². The Morgan fingerprint density at radius 1 is 1.14 bits per heavy atom. The van der Waals surface area contributed by atoms with Crippen LogP contribution < -0.4 is 10.6 Å². The maximum atomic E-state index is 12.5. The van der Waals surface area contributed by atoms with Gasteiger partial charge in [-0.15, -0.1) is 0 Å². The van der Waals surface area contributed by atoms with Crippen LogP contribution in [-0.2, 0) is 4.79 Å². The fourth-order valence-electron chi connectivity index (χ4n) is 4.19. The zero-order valence-electron chi connectivity index (χ0n) is 16.3. The fraction of sp³-hybridized carbons (Fsp3) is 0.750. The Kier molecular flexibility index (Phi) is 5.96. The van der Waals surface area contributed by atoms with Crippen LogP contribution in [0.4, 0.5) is 0 Å². The summed E-state index contributed by atoms with van der Waals surface area (Å²) in [6.45, 7) is 1.87. The summed E-state index contributed by atoms with van der Waals surface area (Å²) >= 11 is 0. The van der Waals surface area contributed by atoms with Gasteiger partial charge >= 0.3 is 0 Å². The number of aliphatic hydroxyl groups excluding tert-OH is 1. The topological polar surface area (TPSA) is 110 Å². The monoisotopic (exact) mass is 389 g/mol. The van der Waals surface area contributed by atoms with Crippen molar-refractivity contribution in [3.05, 3.63) is 17.5 Å². The molecule has 4 rings (SSSR count). The zero-order chi connectivity index (χ0) is 19.5. The van der Waals surface area contributed by atoms with Crippen molar-refractivity contribution in [3.8, 4) is 0 Å². The van der Waals surface area contributed by atoms with E-state index < -0.39 is 0 Å². The highest BCUT2D eigenvalue weighted by Gasteiger charge is 2.38. The average molecular weight is 390 g/mol. The number of hydrogen-bond donors (Lipinski definition) is 4. The predicted molar refractivity (Wildman–Crippen MR) is 104 cm³/mol. The van der Waals surface area contributed by atoms with E-state index >= 15 is 0 Å². The van der Waals surface area contributed by atoms with Gasteiger partial charge < -0.3 is 15.7 Å². The molecule has 8 heteroatoms. The lowest BCUT2D eigenvalue weighted by atomic mass is 10.1. The van der Waals surface area contributed by atoms with Crippen LogP contribution in [0.25, 0.3) is 0 Å². The highest BCUT2D eigenvalue weighted by Crippen LogP contribution is 2.39. The summed E-state index contributed by atoms with van der Waals surface area (Å²) < 4.78 is 0. The molecular weight excluding hydrogens is 358 g/mol. The lowest BCUT2D eigenvalue weighted by Crippen LogP contribution is -2.45. The fourth-order valence-corrected chi connectivity index (χ4v) is 4.19. The number of carbonyl (C=O) groups is 2. The van der Waals surface area contributed by atoms with Crippen LogP contribution in [0.15, 0.2) is 6.07 Å². The molecule has 1 aromatic heterocycles. The Morgan fingerprint density at radius 2 is 1.93 bits per heavy atom. The number of rotatable bonds is 10. The Morgan fingerprint density at radius 3 is 2.64 bits per heavy atom. The lowest BCUT2D eigenvalue weighted by molar-refractivity contribution is -0.122. The SMILES string of the molecule is O=C(C[C@H]1CC[C@@H](CNC(=O)c2cc(C3CC3)[nH]n2)N1CC1CC1)NCCO. The van der Waals surface area contributed by atoms with Crippen molar-refractivity contribution in [2.24, 2.45) is 5.92 Å². The largest absolute Gasteiger partial charge is 0.395 e. The molecule has 154 valence electrons. The molecule has 2 aliphatic carbocycles.